The summed E-state index contributed by atoms with van der Waals surface area (Å²) < 4.78 is 0. The van der Waals surface area contributed by atoms with Crippen molar-refractivity contribution in [2.45, 2.75) is 0 Å². The van der Waals surface area contributed by atoms with E-state index in [9.17, 15) is 4.79 Å². The van der Waals surface area contributed by atoms with Crippen molar-refractivity contribution in [1.82, 2.24) is 11.5 Å². The fourth-order valence-electron chi connectivity index (χ4n) is 0.150. The molecule has 0 aliphatic carbocycles. The molecule has 0 bridgehead atoms. The number of hydrogen-bond donors (Lipinski definition) is 3. The Morgan fingerprint density at radius 2 is 2.38 bits per heavy atom. The molecule has 0 unspecified atom stereocenters. The molecule has 0 aromatic carbocycles. The first kappa shape index (κ1) is 10.2. The van der Waals surface area contributed by atoms with Gasteiger partial charge in [-0.05, 0) is 6.08 Å². The Bertz CT molecular complexity index is 82.1. The zero-order valence-corrected chi connectivity index (χ0v) is 4.55. The van der Waals surface area contributed by atoms with Gasteiger partial charge < -0.3 is 16.6 Å². The van der Waals surface area contributed by atoms with Gasteiger partial charge in [0, 0.05) is 0 Å². The van der Waals surface area contributed by atoms with Crippen LogP contribution in [0.3, 0.4) is 0 Å². The molecule has 8 heavy (non-hydrogen) atoms. The largest absolute Gasteiger partial charge is 0.376 e. The van der Waals surface area contributed by atoms with Gasteiger partial charge in [0.15, 0.2) is 0 Å². The van der Waals surface area contributed by atoms with Crippen LogP contribution in [0.15, 0.2) is 12.7 Å². The number of hydrogen-bond acceptors (Lipinski definition) is 3. The van der Waals surface area contributed by atoms with E-state index in [-0.39, 0.29) is 18.8 Å². The van der Waals surface area contributed by atoms with E-state index in [1.165, 1.54) is 0 Å². The third-order valence-corrected chi connectivity index (χ3v) is 0.439. The lowest BCUT2D eigenvalue weighted by atomic mass is 10.6. The molecule has 0 saturated carbocycles. The summed E-state index contributed by atoms with van der Waals surface area (Å²) >= 11 is 0. The molecule has 0 fully saturated rings. The lowest BCUT2D eigenvalue weighted by Gasteiger charge is -1.89. The van der Waals surface area contributed by atoms with Crippen LogP contribution in [0.4, 0.5) is 0 Å². The number of aliphatic hydroxyl groups is 1. The van der Waals surface area contributed by atoms with Gasteiger partial charge in [-0.3, -0.25) is 4.79 Å². The van der Waals surface area contributed by atoms with Crippen molar-refractivity contribution in [2.24, 2.45) is 0 Å². The van der Waals surface area contributed by atoms with E-state index in [0.717, 1.165) is 6.08 Å². The van der Waals surface area contributed by atoms with Crippen LogP contribution in [-0.2, 0) is 4.79 Å². The van der Waals surface area contributed by atoms with E-state index >= 15 is 0 Å². The van der Waals surface area contributed by atoms with E-state index in [0.29, 0.717) is 0 Å². The Labute approximate surface area is 47.8 Å². The molecule has 0 aliphatic heterocycles. The zero-order valence-electron chi connectivity index (χ0n) is 4.55. The average Bonchev–Trinajstić information content (AvgIpc) is 1.68. The van der Waals surface area contributed by atoms with Gasteiger partial charge in [-0.2, -0.15) is 0 Å². The quantitative estimate of drug-likeness (QED) is 0.334. The molecule has 48 valence electrons. The highest BCUT2D eigenvalue weighted by Gasteiger charge is 1.84. The second-order valence-corrected chi connectivity index (χ2v) is 0.903. The number of carbonyl (C=O) groups excluding carboxylic acids is 1. The standard InChI is InChI=1S/C4H7NO2.H3N/c1-2-4(7)5-3-6;/h2,6H,1,3H2,(H,5,7);1H3. The lowest BCUT2D eigenvalue weighted by Crippen LogP contribution is -2.20. The van der Waals surface area contributed by atoms with Crippen molar-refractivity contribution >= 4 is 5.91 Å². The van der Waals surface area contributed by atoms with Crippen molar-refractivity contribution in [1.29, 1.82) is 0 Å². The van der Waals surface area contributed by atoms with Gasteiger partial charge in [-0.25, -0.2) is 0 Å². The summed E-state index contributed by atoms with van der Waals surface area (Å²) in [5.74, 6) is -0.359. The van der Waals surface area contributed by atoms with Crippen molar-refractivity contribution in [3.05, 3.63) is 12.7 Å². The molecule has 4 nitrogen and oxygen atoms in total. The van der Waals surface area contributed by atoms with Crippen LogP contribution in [0.5, 0.6) is 0 Å². The van der Waals surface area contributed by atoms with Gasteiger partial charge >= 0.3 is 0 Å². The molecule has 0 atom stereocenters. The van der Waals surface area contributed by atoms with Crippen LogP contribution in [0.2, 0.25) is 0 Å². The lowest BCUT2D eigenvalue weighted by molar-refractivity contribution is -0.117. The second kappa shape index (κ2) is 6.13. The first-order chi connectivity index (χ1) is 3.31. The summed E-state index contributed by atoms with van der Waals surface area (Å²) in [7, 11) is 0. The molecule has 0 heterocycles. The Morgan fingerprint density at radius 3 is 2.50 bits per heavy atom. The summed E-state index contributed by atoms with van der Waals surface area (Å²) in [4.78, 5) is 10.0. The molecule has 0 aromatic rings. The molecule has 0 rings (SSSR count). The van der Waals surface area contributed by atoms with Crippen LogP contribution in [0, 0.1) is 0 Å². The highest BCUT2D eigenvalue weighted by molar-refractivity contribution is 5.86. The highest BCUT2D eigenvalue weighted by atomic mass is 16.3. The smallest absolute Gasteiger partial charge is 0.245 e. The number of nitrogens with one attached hydrogen (secondary N) is 1. The van der Waals surface area contributed by atoms with E-state index in [1.807, 2.05) is 0 Å². The molecular formula is C4H10N2O2. The molecule has 0 saturated heterocycles. The van der Waals surface area contributed by atoms with Crippen molar-refractivity contribution < 1.29 is 9.90 Å². The SMILES string of the molecule is C=CC(=O)NCO.N. The minimum absolute atomic E-state index is 0. The van der Waals surface area contributed by atoms with Gasteiger partial charge in [0.05, 0.1) is 0 Å². The van der Waals surface area contributed by atoms with Crippen molar-refractivity contribution in [2.75, 3.05) is 6.73 Å². The summed E-state index contributed by atoms with van der Waals surface area (Å²) in [5.41, 5.74) is 0. The van der Waals surface area contributed by atoms with E-state index in [1.54, 1.807) is 0 Å². The maximum absolute atomic E-state index is 10.0. The summed E-state index contributed by atoms with van der Waals surface area (Å²) in [6, 6.07) is 0. The van der Waals surface area contributed by atoms with Crippen LogP contribution >= 0.6 is 0 Å². The minimum atomic E-state index is -0.359. The van der Waals surface area contributed by atoms with Crippen molar-refractivity contribution in [3.8, 4) is 0 Å². The highest BCUT2D eigenvalue weighted by Crippen LogP contribution is 1.59. The normalized spacial score (nSPS) is 6.62. The van der Waals surface area contributed by atoms with Gasteiger partial charge in [-0.1, -0.05) is 6.58 Å². The van der Waals surface area contributed by atoms with E-state index in [2.05, 4.69) is 11.9 Å². The van der Waals surface area contributed by atoms with E-state index < -0.39 is 0 Å². The fraction of sp³-hybridized carbons (Fsp3) is 0.250. The second-order valence-electron chi connectivity index (χ2n) is 0.903. The Balaban J connectivity index is 0. The van der Waals surface area contributed by atoms with Gasteiger partial charge in [0.2, 0.25) is 5.91 Å². The topological polar surface area (TPSA) is 84.3 Å². The molecule has 1 amide bonds. The molecular weight excluding hydrogens is 108 g/mol. The van der Waals surface area contributed by atoms with Gasteiger partial charge in [0.1, 0.15) is 6.73 Å². The minimum Gasteiger partial charge on any atom is -0.376 e. The zero-order chi connectivity index (χ0) is 5.70. The first-order valence-corrected chi connectivity index (χ1v) is 1.82. The summed E-state index contributed by atoms with van der Waals surface area (Å²) in [6.07, 6.45) is 1.09. The molecule has 0 radical (unpaired) electrons. The number of amides is 1. The van der Waals surface area contributed by atoms with E-state index in [4.69, 9.17) is 5.11 Å². The van der Waals surface area contributed by atoms with Gasteiger partial charge in [-0.15, -0.1) is 0 Å². The van der Waals surface area contributed by atoms with Crippen LogP contribution in [-0.4, -0.2) is 17.7 Å². The van der Waals surface area contributed by atoms with Crippen LogP contribution in [0.1, 0.15) is 0 Å². The number of carbonyl (C=O) groups is 1. The molecule has 0 aliphatic rings. The number of aliphatic hydroxyl groups excluding tert-OH is 1. The molecule has 0 aromatic heterocycles. The Kier molecular flexibility index (Phi) is 7.80. The molecule has 4 heteroatoms. The maximum atomic E-state index is 10.0. The van der Waals surface area contributed by atoms with Crippen molar-refractivity contribution in [3.63, 3.8) is 0 Å². The number of rotatable bonds is 2. The summed E-state index contributed by atoms with van der Waals surface area (Å²) in [6.45, 7) is 2.83. The molecule has 5 N–H and O–H groups in total. The average molecular weight is 118 g/mol. The molecule has 0 spiro atoms. The predicted octanol–water partition coefficient (Wildman–Crippen LogP) is -0.600. The van der Waals surface area contributed by atoms with Gasteiger partial charge in [0.25, 0.3) is 0 Å². The Morgan fingerprint density at radius 1 is 1.88 bits per heavy atom. The fourth-order valence-corrected chi connectivity index (χ4v) is 0.150. The third-order valence-electron chi connectivity index (χ3n) is 0.439. The monoisotopic (exact) mass is 118 g/mol. The van der Waals surface area contributed by atoms with Crippen LogP contribution < -0.4 is 11.5 Å². The maximum Gasteiger partial charge on any atom is 0.245 e. The predicted molar refractivity (Wildman–Crippen MR) is 30.4 cm³/mol. The van der Waals surface area contributed by atoms with Crippen LogP contribution in [0.25, 0.3) is 0 Å². The first-order valence-electron chi connectivity index (χ1n) is 1.82. The summed E-state index contributed by atoms with van der Waals surface area (Å²) in [5, 5.41) is 10.1. The third kappa shape index (κ3) is 5.13. The Hall–Kier alpha value is -0.870.